The van der Waals surface area contributed by atoms with Gasteiger partial charge in [-0.3, -0.25) is 4.99 Å². The lowest BCUT2D eigenvalue weighted by molar-refractivity contribution is -0.298. The quantitative estimate of drug-likeness (QED) is 0.388. The molecule has 0 amide bonds. The molecule has 1 heterocycles. The number of rotatable bonds is 2. The molecule has 0 saturated carbocycles. The molecule has 0 spiro atoms. The van der Waals surface area contributed by atoms with Gasteiger partial charge in [0.1, 0.15) is 0 Å². The Morgan fingerprint density at radius 3 is 2.92 bits per heavy atom. The van der Waals surface area contributed by atoms with E-state index in [1.807, 2.05) is 6.92 Å². The number of anilines is 1. The molecule has 0 unspecified atom stereocenters. The summed E-state index contributed by atoms with van der Waals surface area (Å²) in [6.45, 7) is 1.83. The van der Waals surface area contributed by atoms with Gasteiger partial charge in [-0.1, -0.05) is 4.99 Å². The van der Waals surface area contributed by atoms with Crippen molar-refractivity contribution >= 4 is 24.2 Å². The minimum absolute atomic E-state index is 0.598. The molecule has 0 bridgehead atoms. The van der Waals surface area contributed by atoms with Crippen LogP contribution in [0.4, 0.5) is 11.5 Å². The van der Waals surface area contributed by atoms with Crippen molar-refractivity contribution in [3.8, 4) is 0 Å². The molecule has 0 fully saturated rings. The molecule has 0 radical (unpaired) electrons. The summed E-state index contributed by atoms with van der Waals surface area (Å²) in [5.74, 6) is 0.598. The van der Waals surface area contributed by atoms with Gasteiger partial charge in [-0.2, -0.15) is 0 Å². The highest BCUT2D eigenvalue weighted by Crippen LogP contribution is 2.13. The average molecular weight is 178 g/mol. The van der Waals surface area contributed by atoms with E-state index in [4.69, 9.17) is 11.5 Å². The van der Waals surface area contributed by atoms with Crippen LogP contribution >= 0.6 is 0 Å². The van der Waals surface area contributed by atoms with Crippen LogP contribution in [-0.2, 0) is 0 Å². The Hall–Kier alpha value is -1.91. The van der Waals surface area contributed by atoms with Gasteiger partial charge in [0.05, 0.1) is 11.4 Å². The second-order valence-corrected chi connectivity index (χ2v) is 2.44. The lowest BCUT2D eigenvalue weighted by Gasteiger charge is -1.95. The third kappa shape index (κ3) is 2.55. The molecule has 0 atom stereocenters. The first-order valence-electron chi connectivity index (χ1n) is 3.79. The molecule has 5 heteroatoms. The summed E-state index contributed by atoms with van der Waals surface area (Å²) in [7, 11) is 0. The second kappa shape index (κ2) is 4.20. The second-order valence-electron chi connectivity index (χ2n) is 2.44. The van der Waals surface area contributed by atoms with Gasteiger partial charge in [-0.15, -0.1) is 0 Å². The lowest BCUT2D eigenvalue weighted by atomic mass is 10.3. The summed E-state index contributed by atoms with van der Waals surface area (Å²) < 4.78 is 0. The van der Waals surface area contributed by atoms with E-state index < -0.39 is 0 Å². The summed E-state index contributed by atoms with van der Waals surface area (Å²) in [5.41, 5.74) is 12.1. The topological polar surface area (TPSA) is 91.3 Å². The van der Waals surface area contributed by atoms with E-state index in [0.717, 1.165) is 5.69 Å². The van der Waals surface area contributed by atoms with Crippen LogP contribution < -0.4 is 16.5 Å². The normalized spacial score (nSPS) is 11.5. The predicted molar refractivity (Wildman–Crippen MR) is 52.8 cm³/mol. The van der Waals surface area contributed by atoms with Crippen LogP contribution in [0.15, 0.2) is 17.1 Å². The highest BCUT2D eigenvalue weighted by molar-refractivity contribution is 5.57. The number of aryl methyl sites for hydroxylation is 1. The number of hydrogen-bond donors (Lipinski definition) is 3. The minimum atomic E-state index is 0.598. The van der Waals surface area contributed by atoms with Gasteiger partial charge < -0.3 is 11.5 Å². The van der Waals surface area contributed by atoms with Crippen molar-refractivity contribution in [3.63, 3.8) is 0 Å². The van der Waals surface area contributed by atoms with E-state index in [-0.39, 0.29) is 0 Å². The first kappa shape index (κ1) is 9.18. The number of aromatic nitrogens is 1. The molecule has 13 heavy (non-hydrogen) atoms. The first-order valence-corrected chi connectivity index (χ1v) is 3.79. The zero-order valence-electron chi connectivity index (χ0n) is 7.36. The van der Waals surface area contributed by atoms with Gasteiger partial charge in [0.2, 0.25) is 12.2 Å². The van der Waals surface area contributed by atoms with Crippen molar-refractivity contribution in [2.24, 2.45) is 10.7 Å². The third-order valence-electron chi connectivity index (χ3n) is 1.48. The van der Waals surface area contributed by atoms with Crippen molar-refractivity contribution in [2.75, 3.05) is 5.73 Å². The van der Waals surface area contributed by atoms with Crippen LogP contribution in [0.1, 0.15) is 5.69 Å². The Kier molecular flexibility index (Phi) is 2.97. The Morgan fingerprint density at radius 2 is 2.31 bits per heavy atom. The fourth-order valence-corrected chi connectivity index (χ4v) is 0.777. The molecule has 1 aromatic rings. The number of nitrogens with zero attached hydrogens (tertiary/aromatic N) is 2. The van der Waals surface area contributed by atoms with Crippen molar-refractivity contribution in [1.82, 2.24) is 4.98 Å². The van der Waals surface area contributed by atoms with E-state index in [0.29, 0.717) is 11.5 Å². The summed E-state index contributed by atoms with van der Waals surface area (Å²) in [4.78, 5) is 10.7. The number of pyridine rings is 1. The molecule has 0 aliphatic heterocycles. The van der Waals surface area contributed by atoms with E-state index in [1.54, 1.807) is 12.1 Å². The first-order chi connectivity index (χ1) is 6.24. The van der Waals surface area contributed by atoms with E-state index in [9.17, 15) is 0 Å². The number of nitrogens with one attached hydrogen (secondary N) is 1. The van der Waals surface area contributed by atoms with Crippen LogP contribution in [0.2, 0.25) is 0 Å². The van der Waals surface area contributed by atoms with Gasteiger partial charge in [0.15, 0.2) is 6.34 Å². The minimum Gasteiger partial charge on any atom is -0.397 e. The van der Waals surface area contributed by atoms with Gasteiger partial charge in [-0.05, 0) is 13.0 Å². The third-order valence-corrected chi connectivity index (χ3v) is 1.48. The molecule has 68 valence electrons. The summed E-state index contributed by atoms with van der Waals surface area (Å²) in [5, 5.41) is 0. The van der Waals surface area contributed by atoms with Crippen LogP contribution in [0, 0.1) is 6.92 Å². The SMILES string of the molecule is Cc1nc(N=C[NH+]=CN)ccc1N. The Labute approximate surface area is 76.2 Å². The van der Waals surface area contributed by atoms with Gasteiger partial charge in [0.25, 0.3) is 0 Å². The Morgan fingerprint density at radius 1 is 1.54 bits per heavy atom. The zero-order chi connectivity index (χ0) is 9.68. The molecule has 0 aromatic carbocycles. The van der Waals surface area contributed by atoms with Crippen molar-refractivity contribution in [1.29, 1.82) is 0 Å². The molecule has 1 rings (SSSR count). The lowest BCUT2D eigenvalue weighted by Crippen LogP contribution is -2.68. The highest BCUT2D eigenvalue weighted by atomic mass is 15.0. The number of hydrogen-bond acceptors (Lipinski definition) is 3. The highest BCUT2D eigenvalue weighted by Gasteiger charge is 1.97. The van der Waals surface area contributed by atoms with E-state index in [2.05, 4.69) is 15.0 Å². The number of nitrogens with two attached hydrogens (primary N) is 2. The standard InChI is InChI=1S/C8H11N5/c1-6-7(10)2-3-8(13-6)12-5-11-4-9/h2-5H,10H2,1H3,(H2,9,11,12,13)/p+1. The van der Waals surface area contributed by atoms with Gasteiger partial charge in [0, 0.05) is 6.07 Å². The zero-order valence-corrected chi connectivity index (χ0v) is 7.36. The largest absolute Gasteiger partial charge is 0.397 e. The summed E-state index contributed by atoms with van der Waals surface area (Å²) in [6.07, 6.45) is 2.74. The summed E-state index contributed by atoms with van der Waals surface area (Å²) in [6, 6.07) is 3.50. The maximum absolute atomic E-state index is 5.59. The number of aliphatic imine (C=N–C) groups is 1. The molecule has 5 N–H and O–H groups in total. The predicted octanol–water partition coefficient (Wildman–Crippen LogP) is -1.30. The molecule has 0 aliphatic rings. The maximum Gasteiger partial charge on any atom is 0.228 e. The maximum atomic E-state index is 5.59. The van der Waals surface area contributed by atoms with Crippen LogP contribution in [-0.4, -0.2) is 17.7 Å². The molecule has 1 aromatic heterocycles. The monoisotopic (exact) mass is 178 g/mol. The van der Waals surface area contributed by atoms with E-state index in [1.165, 1.54) is 12.7 Å². The van der Waals surface area contributed by atoms with Crippen LogP contribution in [0.5, 0.6) is 0 Å². The molecule has 0 saturated heterocycles. The Bertz CT molecular complexity index is 342. The van der Waals surface area contributed by atoms with Gasteiger partial charge in [-0.25, -0.2) is 4.98 Å². The van der Waals surface area contributed by atoms with Crippen LogP contribution in [0.3, 0.4) is 0 Å². The molecule has 0 aliphatic carbocycles. The summed E-state index contributed by atoms with van der Waals surface area (Å²) >= 11 is 0. The van der Waals surface area contributed by atoms with Gasteiger partial charge >= 0.3 is 0 Å². The van der Waals surface area contributed by atoms with Crippen molar-refractivity contribution in [2.45, 2.75) is 6.92 Å². The van der Waals surface area contributed by atoms with E-state index >= 15 is 0 Å². The average Bonchev–Trinajstić information content (AvgIpc) is 2.12. The molecule has 5 nitrogen and oxygen atoms in total. The fraction of sp³-hybridized carbons (Fsp3) is 0.125. The Balaban J connectivity index is 2.85. The van der Waals surface area contributed by atoms with Crippen molar-refractivity contribution < 1.29 is 4.99 Å². The van der Waals surface area contributed by atoms with Crippen molar-refractivity contribution in [3.05, 3.63) is 17.8 Å². The molecular weight excluding hydrogens is 166 g/mol. The smallest absolute Gasteiger partial charge is 0.228 e. The van der Waals surface area contributed by atoms with Crippen LogP contribution in [0.25, 0.3) is 0 Å². The fourth-order valence-electron chi connectivity index (χ4n) is 0.777. The molecular formula is C8H12N5+. The number of nitrogen functional groups attached to an aromatic ring is 1.